The molecule has 1 aromatic heterocycles. The standard InChI is InChI=1S/C14H19N3O/c1-15-9-5-6-11-10-16-17-14(11)12-7-3-4-8-13(12)18-2/h3-4,7-8,10,15H,5-6,9H2,1-2H3,(H,16,17). The third-order valence-electron chi connectivity index (χ3n) is 2.97. The molecule has 1 aromatic carbocycles. The Bertz CT molecular complexity index is 493. The Morgan fingerprint density at radius 3 is 2.94 bits per heavy atom. The highest BCUT2D eigenvalue weighted by Gasteiger charge is 2.11. The first kappa shape index (κ1) is 12.6. The SMILES string of the molecule is CNCCCc1cn[nH]c1-c1ccccc1OC. The van der Waals surface area contributed by atoms with Crippen molar-refractivity contribution in [1.29, 1.82) is 0 Å². The van der Waals surface area contributed by atoms with Gasteiger partial charge in [-0.15, -0.1) is 0 Å². The maximum absolute atomic E-state index is 5.39. The van der Waals surface area contributed by atoms with E-state index in [9.17, 15) is 0 Å². The molecule has 0 aliphatic rings. The number of nitrogens with zero attached hydrogens (tertiary/aromatic N) is 1. The lowest BCUT2D eigenvalue weighted by Gasteiger charge is -2.08. The van der Waals surface area contributed by atoms with Crippen LogP contribution in [-0.2, 0) is 6.42 Å². The molecule has 2 rings (SSSR count). The van der Waals surface area contributed by atoms with E-state index in [4.69, 9.17) is 4.74 Å². The van der Waals surface area contributed by atoms with Crippen molar-refractivity contribution in [1.82, 2.24) is 15.5 Å². The molecular formula is C14H19N3O. The Labute approximate surface area is 107 Å². The average Bonchev–Trinajstić information content (AvgIpc) is 2.87. The summed E-state index contributed by atoms with van der Waals surface area (Å²) in [5.41, 5.74) is 3.36. The summed E-state index contributed by atoms with van der Waals surface area (Å²) in [5, 5.41) is 10.4. The molecule has 1 heterocycles. The molecule has 4 heteroatoms. The van der Waals surface area contributed by atoms with Crippen LogP contribution in [0.1, 0.15) is 12.0 Å². The van der Waals surface area contributed by atoms with Gasteiger partial charge < -0.3 is 10.1 Å². The Kier molecular flexibility index (Phi) is 4.36. The molecule has 0 atom stereocenters. The maximum atomic E-state index is 5.39. The number of H-pyrrole nitrogens is 1. The second kappa shape index (κ2) is 6.21. The van der Waals surface area contributed by atoms with Gasteiger partial charge in [-0.3, -0.25) is 5.10 Å². The number of aromatic amines is 1. The highest BCUT2D eigenvalue weighted by Crippen LogP contribution is 2.30. The van der Waals surface area contributed by atoms with Gasteiger partial charge in [-0.2, -0.15) is 5.10 Å². The fourth-order valence-electron chi connectivity index (χ4n) is 2.04. The van der Waals surface area contributed by atoms with Crippen LogP contribution in [0, 0.1) is 0 Å². The van der Waals surface area contributed by atoms with Gasteiger partial charge in [-0.25, -0.2) is 0 Å². The summed E-state index contributed by atoms with van der Waals surface area (Å²) in [6.07, 6.45) is 4.00. The third kappa shape index (κ3) is 2.71. The minimum absolute atomic E-state index is 0.872. The van der Waals surface area contributed by atoms with Crippen LogP contribution in [-0.4, -0.2) is 30.9 Å². The zero-order valence-electron chi connectivity index (χ0n) is 10.9. The summed E-state index contributed by atoms with van der Waals surface area (Å²) in [5.74, 6) is 0.872. The number of aromatic nitrogens is 2. The van der Waals surface area contributed by atoms with Gasteiger partial charge in [0.15, 0.2) is 0 Å². The van der Waals surface area contributed by atoms with Gasteiger partial charge in [0.2, 0.25) is 0 Å². The van der Waals surface area contributed by atoms with Crippen molar-refractivity contribution in [3.05, 3.63) is 36.0 Å². The molecule has 0 amide bonds. The molecule has 0 aliphatic carbocycles. The van der Waals surface area contributed by atoms with Crippen LogP contribution in [0.15, 0.2) is 30.5 Å². The van der Waals surface area contributed by atoms with E-state index in [0.717, 1.165) is 36.4 Å². The van der Waals surface area contributed by atoms with Crippen LogP contribution in [0.2, 0.25) is 0 Å². The van der Waals surface area contributed by atoms with Crippen molar-refractivity contribution in [3.8, 4) is 17.0 Å². The van der Waals surface area contributed by atoms with Crippen LogP contribution in [0.4, 0.5) is 0 Å². The van der Waals surface area contributed by atoms with Crippen LogP contribution >= 0.6 is 0 Å². The lowest BCUT2D eigenvalue weighted by molar-refractivity contribution is 0.416. The fraction of sp³-hybridized carbons (Fsp3) is 0.357. The van der Waals surface area contributed by atoms with Gasteiger partial charge in [-0.1, -0.05) is 12.1 Å². The van der Waals surface area contributed by atoms with Crippen LogP contribution in [0.3, 0.4) is 0 Å². The van der Waals surface area contributed by atoms with E-state index in [0.29, 0.717) is 0 Å². The normalized spacial score (nSPS) is 10.6. The molecule has 4 nitrogen and oxygen atoms in total. The molecule has 0 saturated carbocycles. The zero-order chi connectivity index (χ0) is 12.8. The Hall–Kier alpha value is -1.81. The van der Waals surface area contributed by atoms with Gasteiger partial charge in [0.05, 0.1) is 19.0 Å². The molecule has 0 spiro atoms. The molecule has 2 aromatic rings. The summed E-state index contributed by atoms with van der Waals surface area (Å²) in [4.78, 5) is 0. The zero-order valence-corrected chi connectivity index (χ0v) is 10.9. The van der Waals surface area contributed by atoms with Crippen molar-refractivity contribution in [3.63, 3.8) is 0 Å². The summed E-state index contributed by atoms with van der Waals surface area (Å²) in [6.45, 7) is 1.01. The number of aryl methyl sites for hydroxylation is 1. The number of nitrogens with one attached hydrogen (secondary N) is 2. The summed E-state index contributed by atoms with van der Waals surface area (Å²) < 4.78 is 5.39. The number of rotatable bonds is 6. The van der Waals surface area contributed by atoms with Crippen molar-refractivity contribution in [2.24, 2.45) is 0 Å². The number of para-hydroxylation sites is 1. The number of ether oxygens (including phenoxy) is 1. The lowest BCUT2D eigenvalue weighted by atomic mass is 10.0. The highest BCUT2D eigenvalue weighted by molar-refractivity contribution is 5.69. The second-order valence-corrected chi connectivity index (χ2v) is 4.18. The Balaban J connectivity index is 2.25. The Morgan fingerprint density at radius 1 is 1.33 bits per heavy atom. The topological polar surface area (TPSA) is 49.9 Å². The molecule has 0 aliphatic heterocycles. The second-order valence-electron chi connectivity index (χ2n) is 4.18. The molecular weight excluding hydrogens is 226 g/mol. The molecule has 0 unspecified atom stereocenters. The monoisotopic (exact) mass is 245 g/mol. The molecule has 0 bridgehead atoms. The van der Waals surface area contributed by atoms with Gasteiger partial charge in [0, 0.05) is 5.56 Å². The predicted octanol–water partition coefficient (Wildman–Crippen LogP) is 2.24. The van der Waals surface area contributed by atoms with Gasteiger partial charge in [0.1, 0.15) is 5.75 Å². The molecule has 2 N–H and O–H groups in total. The minimum atomic E-state index is 0.872. The van der Waals surface area contributed by atoms with Crippen molar-refractivity contribution >= 4 is 0 Å². The van der Waals surface area contributed by atoms with E-state index < -0.39 is 0 Å². The minimum Gasteiger partial charge on any atom is -0.496 e. The quantitative estimate of drug-likeness (QED) is 0.767. The van der Waals surface area contributed by atoms with E-state index in [-0.39, 0.29) is 0 Å². The van der Waals surface area contributed by atoms with Gasteiger partial charge in [0.25, 0.3) is 0 Å². The molecule has 0 radical (unpaired) electrons. The summed E-state index contributed by atoms with van der Waals surface area (Å²) in [7, 11) is 3.66. The van der Waals surface area contributed by atoms with Crippen molar-refractivity contribution in [2.75, 3.05) is 20.7 Å². The number of benzene rings is 1. The van der Waals surface area contributed by atoms with Crippen molar-refractivity contribution in [2.45, 2.75) is 12.8 Å². The average molecular weight is 245 g/mol. The molecule has 0 fully saturated rings. The van der Waals surface area contributed by atoms with Crippen LogP contribution < -0.4 is 10.1 Å². The summed E-state index contributed by atoms with van der Waals surface area (Å²) >= 11 is 0. The largest absolute Gasteiger partial charge is 0.496 e. The fourth-order valence-corrected chi connectivity index (χ4v) is 2.04. The van der Waals surface area contributed by atoms with E-state index in [1.807, 2.05) is 37.5 Å². The van der Waals surface area contributed by atoms with Gasteiger partial charge >= 0.3 is 0 Å². The maximum Gasteiger partial charge on any atom is 0.128 e. The first-order chi connectivity index (χ1) is 8.86. The molecule has 96 valence electrons. The Morgan fingerprint density at radius 2 is 2.17 bits per heavy atom. The first-order valence-corrected chi connectivity index (χ1v) is 6.17. The van der Waals surface area contributed by atoms with Gasteiger partial charge in [-0.05, 0) is 44.1 Å². The van der Waals surface area contributed by atoms with E-state index in [1.54, 1.807) is 7.11 Å². The van der Waals surface area contributed by atoms with Crippen LogP contribution in [0.5, 0.6) is 5.75 Å². The summed E-state index contributed by atoms with van der Waals surface area (Å²) in [6, 6.07) is 8.00. The van der Waals surface area contributed by atoms with E-state index in [2.05, 4.69) is 15.5 Å². The van der Waals surface area contributed by atoms with E-state index >= 15 is 0 Å². The third-order valence-corrected chi connectivity index (χ3v) is 2.97. The number of methoxy groups -OCH3 is 1. The van der Waals surface area contributed by atoms with E-state index in [1.165, 1.54) is 5.56 Å². The number of hydrogen-bond acceptors (Lipinski definition) is 3. The molecule has 18 heavy (non-hydrogen) atoms. The smallest absolute Gasteiger partial charge is 0.128 e. The van der Waals surface area contributed by atoms with Crippen molar-refractivity contribution < 1.29 is 4.74 Å². The van der Waals surface area contributed by atoms with Crippen LogP contribution in [0.25, 0.3) is 11.3 Å². The molecule has 0 saturated heterocycles. The predicted molar refractivity (Wildman–Crippen MR) is 72.8 cm³/mol. The number of hydrogen-bond donors (Lipinski definition) is 2. The highest BCUT2D eigenvalue weighted by atomic mass is 16.5. The first-order valence-electron chi connectivity index (χ1n) is 6.17. The lowest BCUT2D eigenvalue weighted by Crippen LogP contribution is -2.08.